The van der Waals surface area contributed by atoms with Gasteiger partial charge in [-0.15, -0.1) is 0 Å². The number of ether oxygens (including phenoxy) is 2. The number of hydrogen-bond acceptors (Lipinski definition) is 5. The highest BCUT2D eigenvalue weighted by atomic mass is 16.5. The van der Waals surface area contributed by atoms with Crippen LogP contribution in [0, 0.1) is 19.8 Å². The van der Waals surface area contributed by atoms with Crippen molar-refractivity contribution < 1.29 is 18.7 Å². The van der Waals surface area contributed by atoms with Crippen LogP contribution < -0.4 is 10.1 Å². The molecular weight excluding hydrogens is 404 g/mol. The second-order valence-electron chi connectivity index (χ2n) is 9.29. The number of aryl methyl sites for hydroxylation is 2. The highest BCUT2D eigenvalue weighted by Gasteiger charge is 2.41. The van der Waals surface area contributed by atoms with E-state index in [-0.39, 0.29) is 5.91 Å². The Kier molecular flexibility index (Phi) is 7.21. The minimum atomic E-state index is -0.512. The fourth-order valence-corrected chi connectivity index (χ4v) is 5.11. The van der Waals surface area contributed by atoms with E-state index in [0.29, 0.717) is 32.0 Å². The summed E-state index contributed by atoms with van der Waals surface area (Å²) >= 11 is 0. The Morgan fingerprint density at radius 2 is 1.84 bits per heavy atom. The average Bonchev–Trinajstić information content (AvgIpc) is 3.15. The van der Waals surface area contributed by atoms with Gasteiger partial charge in [0, 0.05) is 31.9 Å². The van der Waals surface area contributed by atoms with Gasteiger partial charge in [0.05, 0.1) is 12.5 Å². The lowest BCUT2D eigenvalue weighted by atomic mass is 9.73. The molecule has 174 valence electrons. The first-order chi connectivity index (χ1) is 15.5. The van der Waals surface area contributed by atoms with Crippen molar-refractivity contribution in [1.29, 1.82) is 0 Å². The summed E-state index contributed by atoms with van der Waals surface area (Å²) in [6, 6.07) is 10.1. The smallest absolute Gasteiger partial charge is 0.230 e. The number of rotatable bonds is 7. The molecule has 6 heteroatoms. The number of carbonyl (C=O) groups excluding carboxylic acids is 1. The fourth-order valence-electron chi connectivity index (χ4n) is 5.11. The van der Waals surface area contributed by atoms with E-state index < -0.39 is 5.41 Å². The van der Waals surface area contributed by atoms with Crippen molar-refractivity contribution in [2.24, 2.45) is 5.92 Å². The minimum absolute atomic E-state index is 0.137. The summed E-state index contributed by atoms with van der Waals surface area (Å²) in [7, 11) is 1.66. The second-order valence-corrected chi connectivity index (χ2v) is 9.29. The van der Waals surface area contributed by atoms with Crippen LogP contribution in [0.1, 0.15) is 48.3 Å². The molecule has 0 aliphatic carbocycles. The van der Waals surface area contributed by atoms with E-state index >= 15 is 0 Å². The maximum Gasteiger partial charge on any atom is 0.230 e. The van der Waals surface area contributed by atoms with Crippen molar-refractivity contribution in [2.75, 3.05) is 40.0 Å². The van der Waals surface area contributed by atoms with Gasteiger partial charge in [-0.2, -0.15) is 0 Å². The first-order valence-electron chi connectivity index (χ1n) is 11.8. The van der Waals surface area contributed by atoms with Crippen molar-refractivity contribution in [2.45, 2.75) is 51.5 Å². The lowest BCUT2D eigenvalue weighted by Crippen LogP contribution is -2.49. The van der Waals surface area contributed by atoms with Crippen molar-refractivity contribution in [3.05, 3.63) is 53.0 Å². The van der Waals surface area contributed by atoms with E-state index in [1.54, 1.807) is 7.11 Å². The number of hydrogen-bond donors (Lipinski definition) is 1. The van der Waals surface area contributed by atoms with Crippen LogP contribution in [0.25, 0.3) is 0 Å². The molecular formula is C26H36N2O4. The van der Waals surface area contributed by atoms with E-state index in [0.717, 1.165) is 61.9 Å². The van der Waals surface area contributed by atoms with Gasteiger partial charge in [0.15, 0.2) is 0 Å². The molecule has 32 heavy (non-hydrogen) atoms. The van der Waals surface area contributed by atoms with Crippen LogP contribution in [0.3, 0.4) is 0 Å². The maximum atomic E-state index is 13.4. The topological polar surface area (TPSA) is 63.9 Å². The van der Waals surface area contributed by atoms with E-state index in [4.69, 9.17) is 13.9 Å². The number of likely N-dealkylation sites (tertiary alicyclic amines) is 1. The molecule has 1 aromatic heterocycles. The molecule has 2 aliphatic heterocycles. The second kappa shape index (κ2) is 10.1. The summed E-state index contributed by atoms with van der Waals surface area (Å²) in [6.07, 6.45) is 3.64. The molecule has 0 atom stereocenters. The molecule has 0 spiro atoms. The molecule has 0 unspecified atom stereocenters. The lowest BCUT2D eigenvalue weighted by molar-refractivity contribution is -0.130. The first-order valence-corrected chi connectivity index (χ1v) is 11.8. The summed E-state index contributed by atoms with van der Waals surface area (Å²) in [6.45, 7) is 9.08. The quantitative estimate of drug-likeness (QED) is 0.706. The summed E-state index contributed by atoms with van der Waals surface area (Å²) in [5.41, 5.74) is 1.83. The molecule has 1 aromatic carbocycles. The van der Waals surface area contributed by atoms with Gasteiger partial charge in [0.2, 0.25) is 5.91 Å². The van der Waals surface area contributed by atoms with Crippen LogP contribution in [-0.4, -0.2) is 50.8 Å². The molecule has 2 saturated heterocycles. The summed E-state index contributed by atoms with van der Waals surface area (Å²) < 4.78 is 16.6. The first kappa shape index (κ1) is 22.9. The summed E-state index contributed by atoms with van der Waals surface area (Å²) in [5, 5.41) is 3.31. The Balaban J connectivity index is 1.32. The number of methoxy groups -OCH3 is 1. The van der Waals surface area contributed by atoms with Crippen LogP contribution in [0.15, 0.2) is 34.7 Å². The predicted octanol–water partition coefficient (Wildman–Crippen LogP) is 3.98. The molecule has 2 fully saturated rings. The van der Waals surface area contributed by atoms with Gasteiger partial charge in [-0.1, -0.05) is 12.1 Å². The largest absolute Gasteiger partial charge is 0.497 e. The van der Waals surface area contributed by atoms with Gasteiger partial charge in [0.1, 0.15) is 17.3 Å². The number of benzene rings is 1. The highest BCUT2D eigenvalue weighted by molar-refractivity contribution is 5.88. The SMILES string of the molecule is COc1ccc(C2(C(=O)NCC3CCN(Cc4cc(C)oc4C)CC3)CCOCC2)cc1. The van der Waals surface area contributed by atoms with E-state index in [1.165, 1.54) is 5.56 Å². The third-order valence-corrected chi connectivity index (χ3v) is 7.22. The van der Waals surface area contributed by atoms with Crippen LogP contribution in [0.2, 0.25) is 0 Å². The zero-order chi connectivity index (χ0) is 22.6. The molecule has 1 amide bonds. The summed E-state index contributed by atoms with van der Waals surface area (Å²) in [5.74, 6) is 3.48. The van der Waals surface area contributed by atoms with Gasteiger partial charge in [0.25, 0.3) is 0 Å². The van der Waals surface area contributed by atoms with Gasteiger partial charge in [-0.05, 0) is 82.3 Å². The van der Waals surface area contributed by atoms with Gasteiger partial charge in [-0.25, -0.2) is 0 Å². The van der Waals surface area contributed by atoms with E-state index in [1.807, 2.05) is 38.1 Å². The Labute approximate surface area is 191 Å². The van der Waals surface area contributed by atoms with Crippen LogP contribution in [0.5, 0.6) is 5.75 Å². The molecule has 0 radical (unpaired) electrons. The molecule has 1 N–H and O–H groups in total. The lowest BCUT2D eigenvalue weighted by Gasteiger charge is -2.37. The summed E-state index contributed by atoms with van der Waals surface area (Å²) in [4.78, 5) is 15.9. The Morgan fingerprint density at radius 1 is 1.16 bits per heavy atom. The fraction of sp³-hybridized carbons (Fsp3) is 0.577. The Morgan fingerprint density at radius 3 is 2.44 bits per heavy atom. The molecule has 0 bridgehead atoms. The predicted molar refractivity (Wildman–Crippen MR) is 124 cm³/mol. The highest BCUT2D eigenvalue weighted by Crippen LogP contribution is 2.36. The third-order valence-electron chi connectivity index (χ3n) is 7.22. The van der Waals surface area contributed by atoms with Gasteiger partial charge < -0.3 is 19.2 Å². The third kappa shape index (κ3) is 5.02. The monoisotopic (exact) mass is 440 g/mol. The van der Waals surface area contributed by atoms with Crippen LogP contribution >= 0.6 is 0 Å². The van der Waals surface area contributed by atoms with Crippen molar-refractivity contribution >= 4 is 5.91 Å². The van der Waals surface area contributed by atoms with Crippen molar-refractivity contribution in [3.63, 3.8) is 0 Å². The molecule has 0 saturated carbocycles. The van der Waals surface area contributed by atoms with E-state index in [9.17, 15) is 4.79 Å². The number of nitrogens with one attached hydrogen (secondary N) is 1. The van der Waals surface area contributed by atoms with Gasteiger partial charge in [-0.3, -0.25) is 9.69 Å². The molecule has 3 heterocycles. The standard InChI is InChI=1S/C26H36N2O4/c1-19-16-22(20(2)32-19)18-28-12-8-21(9-13-28)17-27-25(29)26(10-14-31-15-11-26)23-4-6-24(30-3)7-5-23/h4-7,16,21H,8-15,17-18H2,1-3H3,(H,27,29). The number of furan rings is 1. The normalized spacial score (nSPS) is 19.6. The number of nitrogens with zero attached hydrogens (tertiary/aromatic N) is 1. The molecule has 2 aliphatic rings. The van der Waals surface area contributed by atoms with Gasteiger partial charge >= 0.3 is 0 Å². The van der Waals surface area contributed by atoms with E-state index in [2.05, 4.69) is 16.3 Å². The molecule has 4 rings (SSSR count). The van der Waals surface area contributed by atoms with Crippen molar-refractivity contribution in [3.8, 4) is 5.75 Å². The Hall–Kier alpha value is -2.31. The van der Waals surface area contributed by atoms with Crippen LogP contribution in [-0.2, 0) is 21.5 Å². The Bertz CT molecular complexity index is 891. The number of carbonyl (C=O) groups is 1. The maximum absolute atomic E-state index is 13.4. The zero-order valence-corrected chi connectivity index (χ0v) is 19.6. The molecule has 6 nitrogen and oxygen atoms in total. The zero-order valence-electron chi connectivity index (χ0n) is 19.6. The molecule has 2 aromatic rings. The average molecular weight is 441 g/mol. The number of amides is 1. The minimum Gasteiger partial charge on any atom is -0.497 e. The number of piperidine rings is 1. The van der Waals surface area contributed by atoms with Crippen molar-refractivity contribution in [1.82, 2.24) is 10.2 Å². The van der Waals surface area contributed by atoms with Crippen LogP contribution in [0.4, 0.5) is 0 Å².